The first-order valence-corrected chi connectivity index (χ1v) is 9.42. The van der Waals surface area contributed by atoms with E-state index in [0.29, 0.717) is 34.6 Å². The molecule has 0 amide bonds. The number of hydrogen-bond donors (Lipinski definition) is 1. The molecule has 0 unspecified atom stereocenters. The van der Waals surface area contributed by atoms with Crippen LogP contribution in [0.1, 0.15) is 21.5 Å². The third-order valence-electron chi connectivity index (χ3n) is 4.92. The number of methoxy groups -OCH3 is 2. The Morgan fingerprint density at radius 2 is 1.60 bits per heavy atom. The number of nitrogens with zero attached hydrogens (tertiary/aromatic N) is 1. The van der Waals surface area contributed by atoms with E-state index in [-0.39, 0.29) is 5.88 Å². The van der Waals surface area contributed by atoms with Gasteiger partial charge in [0.2, 0.25) is 5.88 Å². The van der Waals surface area contributed by atoms with Crippen molar-refractivity contribution in [2.24, 2.45) is 0 Å². The Hall–Kier alpha value is -3.93. The highest BCUT2D eigenvalue weighted by molar-refractivity contribution is 5.92. The van der Waals surface area contributed by atoms with Gasteiger partial charge in [-0.2, -0.15) is 0 Å². The van der Waals surface area contributed by atoms with Crippen LogP contribution < -0.4 is 14.3 Å². The van der Waals surface area contributed by atoms with Crippen molar-refractivity contribution in [2.45, 2.75) is 6.42 Å². The summed E-state index contributed by atoms with van der Waals surface area (Å²) >= 11 is 0. The van der Waals surface area contributed by atoms with Gasteiger partial charge >= 0.3 is 5.97 Å². The largest absolute Gasteiger partial charge is 0.493 e. The smallest absolute Gasteiger partial charge is 0.363 e. The van der Waals surface area contributed by atoms with E-state index in [4.69, 9.17) is 14.3 Å². The molecule has 1 N–H and O–H groups in total. The van der Waals surface area contributed by atoms with Gasteiger partial charge in [-0.05, 0) is 35.9 Å². The van der Waals surface area contributed by atoms with Crippen LogP contribution in [0.25, 0.3) is 10.9 Å². The number of fused-ring (bicyclic) bond motifs is 1. The number of ether oxygens (including phenoxy) is 2. The third kappa shape index (κ3) is 3.55. The maximum absolute atomic E-state index is 12.5. The second-order valence-corrected chi connectivity index (χ2v) is 6.72. The normalized spacial score (nSPS) is 10.7. The third-order valence-corrected chi connectivity index (χ3v) is 4.92. The number of rotatable bonds is 6. The quantitative estimate of drug-likeness (QED) is 0.522. The lowest BCUT2D eigenvalue weighted by Crippen LogP contribution is -2.19. The molecule has 1 heterocycles. The molecule has 0 saturated heterocycles. The molecule has 4 rings (SSSR count). The Morgan fingerprint density at radius 1 is 0.900 bits per heavy atom. The van der Waals surface area contributed by atoms with Crippen LogP contribution in [0.3, 0.4) is 0 Å². The van der Waals surface area contributed by atoms with Gasteiger partial charge in [-0.15, -0.1) is 4.73 Å². The molecule has 0 aliphatic heterocycles. The molecule has 0 fully saturated rings. The van der Waals surface area contributed by atoms with Crippen LogP contribution in [-0.2, 0) is 6.42 Å². The van der Waals surface area contributed by atoms with Gasteiger partial charge in [0.1, 0.15) is 0 Å². The summed E-state index contributed by atoms with van der Waals surface area (Å²) in [5, 5.41) is 11.7. The highest BCUT2D eigenvalue weighted by Crippen LogP contribution is 2.34. The minimum atomic E-state index is -0.552. The summed E-state index contributed by atoms with van der Waals surface area (Å²) in [4.78, 5) is 18.1. The van der Waals surface area contributed by atoms with Gasteiger partial charge in [-0.3, -0.25) is 0 Å². The summed E-state index contributed by atoms with van der Waals surface area (Å²) in [5.74, 6) is 0.568. The number of carbonyl (C=O) groups is 1. The lowest BCUT2D eigenvalue weighted by Gasteiger charge is -2.10. The van der Waals surface area contributed by atoms with Gasteiger partial charge in [0, 0.05) is 17.4 Å². The highest BCUT2D eigenvalue weighted by atomic mass is 16.7. The summed E-state index contributed by atoms with van der Waals surface area (Å²) in [6.45, 7) is 0. The second-order valence-electron chi connectivity index (χ2n) is 6.72. The van der Waals surface area contributed by atoms with E-state index >= 15 is 0 Å². The number of benzene rings is 3. The lowest BCUT2D eigenvalue weighted by atomic mass is 10.0. The molecule has 152 valence electrons. The number of para-hydroxylation sites is 1. The Bertz CT molecular complexity index is 1200. The number of hydrogen-bond acceptors (Lipinski definition) is 5. The van der Waals surface area contributed by atoms with Crippen LogP contribution in [0.2, 0.25) is 0 Å². The Kier molecular flexibility index (Phi) is 5.30. The van der Waals surface area contributed by atoms with Crippen LogP contribution >= 0.6 is 0 Å². The highest BCUT2D eigenvalue weighted by Gasteiger charge is 2.21. The zero-order valence-electron chi connectivity index (χ0n) is 16.7. The molecule has 30 heavy (non-hydrogen) atoms. The molecule has 0 spiro atoms. The van der Waals surface area contributed by atoms with E-state index in [2.05, 4.69) is 0 Å². The van der Waals surface area contributed by atoms with Gasteiger partial charge in [-0.25, -0.2) is 4.79 Å². The minimum Gasteiger partial charge on any atom is -0.493 e. The van der Waals surface area contributed by atoms with Gasteiger partial charge in [0.15, 0.2) is 11.5 Å². The SMILES string of the molecule is COc1ccc(Cc2c(O)n(OC(=O)c3ccccc3)c3ccccc23)cc1OC. The number of aromatic nitrogens is 1. The van der Waals surface area contributed by atoms with Crippen molar-refractivity contribution in [3.8, 4) is 17.4 Å². The zero-order valence-corrected chi connectivity index (χ0v) is 16.7. The van der Waals surface area contributed by atoms with E-state index in [0.717, 1.165) is 10.9 Å². The molecule has 0 radical (unpaired) electrons. The van der Waals surface area contributed by atoms with Crippen molar-refractivity contribution in [2.75, 3.05) is 14.2 Å². The molecule has 6 heteroatoms. The summed E-state index contributed by atoms with van der Waals surface area (Å²) in [7, 11) is 3.16. The first kappa shape index (κ1) is 19.4. The maximum atomic E-state index is 12.5. The van der Waals surface area contributed by atoms with Gasteiger partial charge in [0.05, 0.1) is 25.3 Å². The summed E-state index contributed by atoms with van der Waals surface area (Å²) in [6, 6.07) is 21.6. The van der Waals surface area contributed by atoms with Gasteiger partial charge in [0.25, 0.3) is 0 Å². The monoisotopic (exact) mass is 403 g/mol. The molecule has 3 aromatic carbocycles. The van der Waals surface area contributed by atoms with Crippen molar-refractivity contribution < 1.29 is 24.2 Å². The van der Waals surface area contributed by atoms with Crippen LogP contribution in [-0.4, -0.2) is 30.0 Å². The molecule has 0 bridgehead atoms. The van der Waals surface area contributed by atoms with Gasteiger partial charge in [-0.1, -0.05) is 42.5 Å². The van der Waals surface area contributed by atoms with Crippen LogP contribution in [0.15, 0.2) is 72.8 Å². The number of aromatic hydroxyl groups is 1. The predicted octanol–water partition coefficient (Wildman–Crippen LogP) is 4.22. The fourth-order valence-corrected chi connectivity index (χ4v) is 3.43. The van der Waals surface area contributed by atoms with Crippen molar-refractivity contribution in [3.05, 3.63) is 89.5 Å². The Balaban J connectivity index is 1.73. The standard InChI is InChI=1S/C24H21NO5/c1-28-21-13-12-16(15-22(21)29-2)14-19-18-10-6-7-11-20(18)25(23(19)26)30-24(27)17-8-4-3-5-9-17/h3-13,15,26H,14H2,1-2H3. The van der Waals surface area contributed by atoms with Crippen LogP contribution in [0.5, 0.6) is 17.4 Å². The van der Waals surface area contributed by atoms with E-state index in [9.17, 15) is 9.90 Å². The molecule has 4 aromatic rings. The Labute approximate surface area is 173 Å². The fraction of sp³-hybridized carbons (Fsp3) is 0.125. The summed E-state index contributed by atoms with van der Waals surface area (Å²) in [6.07, 6.45) is 0.419. The molecule has 0 aliphatic rings. The fourth-order valence-electron chi connectivity index (χ4n) is 3.43. The van der Waals surface area contributed by atoms with E-state index in [1.807, 2.05) is 42.5 Å². The minimum absolute atomic E-state index is 0.115. The van der Waals surface area contributed by atoms with Crippen molar-refractivity contribution in [3.63, 3.8) is 0 Å². The molecule has 0 atom stereocenters. The van der Waals surface area contributed by atoms with E-state index in [1.165, 1.54) is 4.73 Å². The number of carbonyl (C=O) groups excluding carboxylic acids is 1. The zero-order chi connectivity index (χ0) is 21.1. The average molecular weight is 403 g/mol. The van der Waals surface area contributed by atoms with E-state index < -0.39 is 5.97 Å². The predicted molar refractivity (Wildman–Crippen MR) is 113 cm³/mol. The van der Waals surface area contributed by atoms with Crippen LogP contribution in [0.4, 0.5) is 0 Å². The first-order chi connectivity index (χ1) is 14.6. The van der Waals surface area contributed by atoms with Crippen molar-refractivity contribution >= 4 is 16.9 Å². The molecule has 0 saturated carbocycles. The molecule has 0 aliphatic carbocycles. The molecule has 6 nitrogen and oxygen atoms in total. The first-order valence-electron chi connectivity index (χ1n) is 9.42. The molecular formula is C24H21NO5. The molecule has 1 aromatic heterocycles. The average Bonchev–Trinajstić information content (AvgIpc) is 3.05. The van der Waals surface area contributed by atoms with E-state index in [1.54, 1.807) is 44.6 Å². The van der Waals surface area contributed by atoms with Crippen molar-refractivity contribution in [1.29, 1.82) is 0 Å². The van der Waals surface area contributed by atoms with Gasteiger partial charge < -0.3 is 19.4 Å². The maximum Gasteiger partial charge on any atom is 0.363 e. The topological polar surface area (TPSA) is 69.9 Å². The summed E-state index contributed by atoms with van der Waals surface area (Å²) in [5.41, 5.74) is 2.57. The van der Waals surface area contributed by atoms with Crippen molar-refractivity contribution in [1.82, 2.24) is 4.73 Å². The Morgan fingerprint density at radius 3 is 2.33 bits per heavy atom. The molecular weight excluding hydrogens is 382 g/mol. The van der Waals surface area contributed by atoms with Crippen LogP contribution in [0, 0.1) is 0 Å². The summed E-state index contributed by atoms with van der Waals surface area (Å²) < 4.78 is 11.8. The lowest BCUT2D eigenvalue weighted by molar-refractivity contribution is 0.0446. The second kappa shape index (κ2) is 8.21.